The Morgan fingerprint density at radius 3 is 2.88 bits per heavy atom. The number of rotatable bonds is 6. The average Bonchev–Trinajstić information content (AvgIpc) is 2.68. The van der Waals surface area contributed by atoms with E-state index in [0.29, 0.717) is 6.54 Å². The first-order valence-electron chi connectivity index (χ1n) is 8.82. The second-order valence-corrected chi connectivity index (χ2v) is 6.45. The molecule has 6 heteroatoms. The molecule has 0 unspecified atom stereocenters. The van der Waals surface area contributed by atoms with Gasteiger partial charge in [-0.25, -0.2) is 0 Å². The summed E-state index contributed by atoms with van der Waals surface area (Å²) in [6.45, 7) is 4.16. The molecule has 1 aliphatic heterocycles. The highest BCUT2D eigenvalue weighted by Gasteiger charge is 2.21. The van der Waals surface area contributed by atoms with Crippen LogP contribution in [0.5, 0.6) is 0 Å². The molecule has 0 bridgehead atoms. The van der Waals surface area contributed by atoms with Gasteiger partial charge in [0.1, 0.15) is 0 Å². The minimum atomic E-state index is 0.0120. The van der Waals surface area contributed by atoms with Crippen LogP contribution in [0.3, 0.4) is 0 Å². The van der Waals surface area contributed by atoms with Crippen LogP contribution in [0.4, 0.5) is 5.82 Å². The van der Waals surface area contributed by atoms with E-state index >= 15 is 0 Å². The molecule has 1 aromatic heterocycles. The summed E-state index contributed by atoms with van der Waals surface area (Å²) in [6.07, 6.45) is 3.83. The largest absolute Gasteiger partial charge is 0.354 e. The third-order valence-electron chi connectivity index (χ3n) is 4.53. The third kappa shape index (κ3) is 5.00. The van der Waals surface area contributed by atoms with Gasteiger partial charge in [0.05, 0.1) is 12.6 Å². The van der Waals surface area contributed by atoms with E-state index in [1.54, 1.807) is 6.20 Å². The fourth-order valence-corrected chi connectivity index (χ4v) is 3.17. The van der Waals surface area contributed by atoms with Gasteiger partial charge in [-0.05, 0) is 37.5 Å². The smallest absolute Gasteiger partial charge is 0.234 e. The first-order valence-corrected chi connectivity index (χ1v) is 8.82. The Bertz CT molecular complexity index is 664. The van der Waals surface area contributed by atoms with E-state index in [9.17, 15) is 4.79 Å². The predicted octanol–water partition coefficient (Wildman–Crippen LogP) is 1.91. The summed E-state index contributed by atoms with van der Waals surface area (Å²) in [7, 11) is 0. The van der Waals surface area contributed by atoms with Crippen molar-refractivity contribution in [2.75, 3.05) is 24.5 Å². The SMILES string of the molecule is C[C@@H](NC(=O)CN[C@@H]1CCCN(c2cccnn2)C1)c1ccccc1. The Hall–Kier alpha value is -2.47. The van der Waals surface area contributed by atoms with E-state index in [2.05, 4.69) is 25.7 Å². The van der Waals surface area contributed by atoms with E-state index in [-0.39, 0.29) is 18.0 Å². The van der Waals surface area contributed by atoms with E-state index in [1.807, 2.05) is 49.4 Å². The number of benzene rings is 1. The van der Waals surface area contributed by atoms with Gasteiger partial charge in [0.25, 0.3) is 0 Å². The normalized spacial score (nSPS) is 18.6. The molecule has 2 N–H and O–H groups in total. The molecule has 0 saturated carbocycles. The fourth-order valence-electron chi connectivity index (χ4n) is 3.17. The number of nitrogens with one attached hydrogen (secondary N) is 2. The molecule has 6 nitrogen and oxygen atoms in total. The van der Waals surface area contributed by atoms with Gasteiger partial charge in [0.2, 0.25) is 5.91 Å². The monoisotopic (exact) mass is 339 g/mol. The Morgan fingerprint density at radius 1 is 1.28 bits per heavy atom. The number of piperidine rings is 1. The number of amides is 1. The van der Waals surface area contributed by atoms with Crippen LogP contribution in [0.25, 0.3) is 0 Å². The van der Waals surface area contributed by atoms with Crippen LogP contribution in [0.2, 0.25) is 0 Å². The molecule has 2 heterocycles. The van der Waals surface area contributed by atoms with Gasteiger partial charge in [-0.15, -0.1) is 5.10 Å². The van der Waals surface area contributed by atoms with Gasteiger partial charge >= 0.3 is 0 Å². The summed E-state index contributed by atoms with van der Waals surface area (Å²) in [5.74, 6) is 0.920. The number of carbonyl (C=O) groups is 1. The number of carbonyl (C=O) groups excluding carboxylic acids is 1. The summed E-state index contributed by atoms with van der Waals surface area (Å²) in [4.78, 5) is 14.4. The van der Waals surface area contributed by atoms with Crippen LogP contribution < -0.4 is 15.5 Å². The van der Waals surface area contributed by atoms with Gasteiger partial charge in [-0.2, -0.15) is 5.10 Å². The first kappa shape index (κ1) is 17.4. The summed E-state index contributed by atoms with van der Waals surface area (Å²) in [6, 6.07) is 14.2. The van der Waals surface area contributed by atoms with Crippen molar-refractivity contribution in [1.82, 2.24) is 20.8 Å². The van der Waals surface area contributed by atoms with Crippen molar-refractivity contribution in [3.63, 3.8) is 0 Å². The minimum Gasteiger partial charge on any atom is -0.354 e. The number of hydrogen-bond acceptors (Lipinski definition) is 5. The van der Waals surface area contributed by atoms with E-state index in [1.165, 1.54) is 0 Å². The predicted molar refractivity (Wildman–Crippen MR) is 98.3 cm³/mol. The highest BCUT2D eigenvalue weighted by molar-refractivity contribution is 5.78. The van der Waals surface area contributed by atoms with E-state index < -0.39 is 0 Å². The molecule has 2 aromatic rings. The molecule has 25 heavy (non-hydrogen) atoms. The lowest BCUT2D eigenvalue weighted by Gasteiger charge is -2.33. The van der Waals surface area contributed by atoms with Crippen LogP contribution in [0, 0.1) is 0 Å². The van der Waals surface area contributed by atoms with Crippen LogP contribution in [0.1, 0.15) is 31.4 Å². The zero-order valence-corrected chi connectivity index (χ0v) is 14.6. The summed E-state index contributed by atoms with van der Waals surface area (Å²) in [5, 5.41) is 14.5. The van der Waals surface area contributed by atoms with Crippen LogP contribution in [-0.4, -0.2) is 41.8 Å². The van der Waals surface area contributed by atoms with Crippen molar-refractivity contribution < 1.29 is 4.79 Å². The highest BCUT2D eigenvalue weighted by Crippen LogP contribution is 2.16. The van der Waals surface area contributed by atoms with Crippen molar-refractivity contribution in [2.45, 2.75) is 31.8 Å². The second kappa shape index (κ2) is 8.58. The van der Waals surface area contributed by atoms with Crippen molar-refractivity contribution in [3.8, 4) is 0 Å². The maximum Gasteiger partial charge on any atom is 0.234 e. The van der Waals surface area contributed by atoms with Crippen LogP contribution in [0.15, 0.2) is 48.7 Å². The van der Waals surface area contributed by atoms with Gasteiger partial charge in [0.15, 0.2) is 5.82 Å². The molecule has 1 amide bonds. The lowest BCUT2D eigenvalue weighted by atomic mass is 10.1. The quantitative estimate of drug-likeness (QED) is 0.841. The standard InChI is InChI=1S/C19H25N5O/c1-15(16-7-3-2-4-8-16)22-19(25)13-20-17-9-6-12-24(14-17)18-10-5-11-21-23-18/h2-5,7-8,10-11,15,17,20H,6,9,12-14H2,1H3,(H,22,25)/t15-,17-/m1/s1. The van der Waals surface area contributed by atoms with E-state index in [4.69, 9.17) is 0 Å². The topological polar surface area (TPSA) is 70.2 Å². The molecular weight excluding hydrogens is 314 g/mol. The second-order valence-electron chi connectivity index (χ2n) is 6.45. The molecule has 1 aromatic carbocycles. The van der Waals surface area contributed by atoms with Gasteiger partial charge in [-0.1, -0.05) is 30.3 Å². The molecular formula is C19H25N5O. The highest BCUT2D eigenvalue weighted by atomic mass is 16.1. The number of nitrogens with zero attached hydrogens (tertiary/aromatic N) is 3. The Morgan fingerprint density at radius 2 is 2.12 bits per heavy atom. The molecule has 2 atom stereocenters. The Labute approximate surface area is 148 Å². The number of aromatic nitrogens is 2. The maximum atomic E-state index is 12.2. The molecule has 132 valence electrons. The minimum absolute atomic E-state index is 0.0120. The Kier molecular flexibility index (Phi) is 5.95. The van der Waals surface area contributed by atoms with Gasteiger partial charge in [0, 0.05) is 25.3 Å². The average molecular weight is 339 g/mol. The van der Waals surface area contributed by atoms with Crippen LogP contribution >= 0.6 is 0 Å². The summed E-state index contributed by atoms with van der Waals surface area (Å²) in [5.41, 5.74) is 1.11. The molecule has 1 aliphatic rings. The van der Waals surface area contributed by atoms with Crippen molar-refractivity contribution in [3.05, 3.63) is 54.2 Å². The summed E-state index contributed by atoms with van der Waals surface area (Å²) < 4.78 is 0. The van der Waals surface area contributed by atoms with Crippen LogP contribution in [-0.2, 0) is 4.79 Å². The van der Waals surface area contributed by atoms with Gasteiger partial charge < -0.3 is 15.5 Å². The molecule has 0 aliphatic carbocycles. The molecule has 1 saturated heterocycles. The van der Waals surface area contributed by atoms with Crippen molar-refractivity contribution in [1.29, 1.82) is 0 Å². The molecule has 1 fully saturated rings. The zero-order chi connectivity index (χ0) is 17.5. The van der Waals surface area contributed by atoms with Crippen molar-refractivity contribution in [2.24, 2.45) is 0 Å². The Balaban J connectivity index is 1.45. The molecule has 0 spiro atoms. The fraction of sp³-hybridized carbons (Fsp3) is 0.421. The van der Waals surface area contributed by atoms with Gasteiger partial charge in [-0.3, -0.25) is 4.79 Å². The lowest BCUT2D eigenvalue weighted by molar-refractivity contribution is -0.121. The maximum absolute atomic E-state index is 12.2. The summed E-state index contributed by atoms with van der Waals surface area (Å²) >= 11 is 0. The third-order valence-corrected chi connectivity index (χ3v) is 4.53. The molecule has 3 rings (SSSR count). The number of anilines is 1. The zero-order valence-electron chi connectivity index (χ0n) is 14.6. The van der Waals surface area contributed by atoms with Crippen molar-refractivity contribution >= 4 is 11.7 Å². The first-order chi connectivity index (χ1) is 12.2. The number of hydrogen-bond donors (Lipinski definition) is 2. The molecule has 0 radical (unpaired) electrons. The lowest BCUT2D eigenvalue weighted by Crippen LogP contribution is -2.49. The van der Waals surface area contributed by atoms with E-state index in [0.717, 1.165) is 37.3 Å².